The van der Waals surface area contributed by atoms with Gasteiger partial charge >= 0.3 is 5.97 Å². The summed E-state index contributed by atoms with van der Waals surface area (Å²) in [4.78, 5) is 25.8. The third-order valence-corrected chi connectivity index (χ3v) is 5.13. The summed E-state index contributed by atoms with van der Waals surface area (Å²) >= 11 is 1.30. The number of aryl methyl sites for hydroxylation is 1. The van der Waals surface area contributed by atoms with E-state index in [0.29, 0.717) is 16.1 Å². The minimum absolute atomic E-state index is 0.0993. The summed E-state index contributed by atoms with van der Waals surface area (Å²) in [5, 5.41) is 11.9. The molecule has 7 heteroatoms. The largest absolute Gasteiger partial charge is 0.462 e. The van der Waals surface area contributed by atoms with Gasteiger partial charge in [0.15, 0.2) is 0 Å². The van der Waals surface area contributed by atoms with Gasteiger partial charge in [-0.3, -0.25) is 10.2 Å². The molecule has 2 aromatic heterocycles. The van der Waals surface area contributed by atoms with Crippen LogP contribution in [0.2, 0.25) is 0 Å². The zero-order valence-electron chi connectivity index (χ0n) is 14.6. The van der Waals surface area contributed by atoms with E-state index in [4.69, 9.17) is 14.6 Å². The van der Waals surface area contributed by atoms with E-state index in [1.54, 1.807) is 31.2 Å². The Hall–Kier alpha value is -2.93. The maximum atomic E-state index is 12.7. The molecule has 0 fully saturated rings. The number of nitrogens with one attached hydrogen (secondary N) is 2. The number of hydrogen-bond acceptors (Lipinski definition) is 6. The molecule has 0 aliphatic heterocycles. The Labute approximate surface area is 153 Å². The van der Waals surface area contributed by atoms with Gasteiger partial charge in [-0.1, -0.05) is 18.2 Å². The lowest BCUT2D eigenvalue weighted by molar-refractivity contribution is 0.0527. The number of carbonyl (C=O) groups excluding carboxylic acids is 2. The number of hydrogen-bond donors (Lipinski definition) is 2. The average molecular weight is 370 g/mol. The molecular formula is C19H18N2O4S. The topological polar surface area (TPSA) is 92.4 Å². The van der Waals surface area contributed by atoms with Gasteiger partial charge in [-0.15, -0.1) is 11.3 Å². The van der Waals surface area contributed by atoms with Crippen LogP contribution in [-0.2, 0) is 4.74 Å². The van der Waals surface area contributed by atoms with Gasteiger partial charge in [-0.2, -0.15) is 0 Å². The van der Waals surface area contributed by atoms with Crippen molar-refractivity contribution in [1.82, 2.24) is 0 Å². The highest BCUT2D eigenvalue weighted by Crippen LogP contribution is 2.33. The molecule has 0 spiro atoms. The van der Waals surface area contributed by atoms with E-state index in [1.165, 1.54) is 11.3 Å². The highest BCUT2D eigenvalue weighted by molar-refractivity contribution is 7.16. The molecule has 1 amide bonds. The second-order valence-corrected chi connectivity index (χ2v) is 6.91. The van der Waals surface area contributed by atoms with Crippen molar-refractivity contribution < 1.29 is 18.7 Å². The van der Waals surface area contributed by atoms with E-state index in [-0.39, 0.29) is 17.7 Å². The number of benzene rings is 1. The van der Waals surface area contributed by atoms with E-state index in [1.807, 2.05) is 19.9 Å². The Morgan fingerprint density at radius 2 is 2.00 bits per heavy atom. The number of para-hydroxylation sites is 1. The van der Waals surface area contributed by atoms with Crippen LogP contribution in [0.5, 0.6) is 0 Å². The van der Waals surface area contributed by atoms with Crippen molar-refractivity contribution in [3.05, 3.63) is 57.5 Å². The standard InChI is InChI=1S/C19H18N2O4S/c1-4-24-19(23)15-10(2)11(3)26-18(15)21-17(22)13-9-12-7-5-6-8-14(12)25-16(13)20/h5-9,20H,4H2,1-3H3,(H,21,22). The van der Waals surface area contributed by atoms with Crippen LogP contribution in [0.25, 0.3) is 11.0 Å². The van der Waals surface area contributed by atoms with Gasteiger partial charge in [0.1, 0.15) is 16.1 Å². The summed E-state index contributed by atoms with van der Waals surface area (Å²) in [6.07, 6.45) is 0. The van der Waals surface area contributed by atoms with Gasteiger partial charge in [0.25, 0.3) is 5.91 Å². The molecule has 0 bridgehead atoms. The monoisotopic (exact) mass is 370 g/mol. The molecule has 0 aliphatic rings. The minimum atomic E-state index is -0.503. The first-order chi connectivity index (χ1) is 12.4. The fraction of sp³-hybridized carbons (Fsp3) is 0.211. The van der Waals surface area contributed by atoms with Crippen LogP contribution in [0.3, 0.4) is 0 Å². The molecule has 3 aromatic rings. The highest BCUT2D eigenvalue weighted by Gasteiger charge is 2.23. The Balaban J connectivity index is 1.99. The van der Waals surface area contributed by atoms with Crippen molar-refractivity contribution in [3.8, 4) is 0 Å². The number of ether oxygens (including phenoxy) is 1. The van der Waals surface area contributed by atoms with Crippen LogP contribution in [0, 0.1) is 19.3 Å². The van der Waals surface area contributed by atoms with Gasteiger partial charge in [0.2, 0.25) is 5.55 Å². The lowest BCUT2D eigenvalue weighted by Crippen LogP contribution is -2.21. The maximum Gasteiger partial charge on any atom is 0.341 e. The van der Waals surface area contributed by atoms with Crippen LogP contribution in [0.4, 0.5) is 5.00 Å². The number of fused-ring (bicyclic) bond motifs is 1. The fourth-order valence-corrected chi connectivity index (χ4v) is 3.63. The zero-order valence-corrected chi connectivity index (χ0v) is 15.5. The summed E-state index contributed by atoms with van der Waals surface area (Å²) in [7, 11) is 0. The molecule has 0 saturated carbocycles. The molecule has 2 N–H and O–H groups in total. The number of amides is 1. The SMILES string of the molecule is CCOC(=O)c1c(NC(=O)c2cc3ccccc3oc2=N)sc(C)c1C. The predicted molar refractivity (Wildman–Crippen MR) is 99.8 cm³/mol. The molecule has 0 radical (unpaired) electrons. The number of rotatable bonds is 4. The lowest BCUT2D eigenvalue weighted by Gasteiger charge is -2.07. The van der Waals surface area contributed by atoms with Crippen molar-refractivity contribution in [2.24, 2.45) is 0 Å². The molecule has 0 saturated heterocycles. The Kier molecular flexibility index (Phi) is 4.90. The van der Waals surface area contributed by atoms with Crippen LogP contribution in [-0.4, -0.2) is 18.5 Å². The fourth-order valence-electron chi connectivity index (χ4n) is 2.58. The number of esters is 1. The van der Waals surface area contributed by atoms with E-state index < -0.39 is 11.9 Å². The smallest absolute Gasteiger partial charge is 0.341 e. The van der Waals surface area contributed by atoms with Crippen molar-refractivity contribution in [2.75, 3.05) is 11.9 Å². The minimum Gasteiger partial charge on any atom is -0.462 e. The first kappa shape index (κ1) is 17.9. The normalized spacial score (nSPS) is 10.7. The third kappa shape index (κ3) is 3.25. The van der Waals surface area contributed by atoms with Gasteiger partial charge in [0.05, 0.1) is 12.2 Å². The van der Waals surface area contributed by atoms with E-state index in [9.17, 15) is 9.59 Å². The maximum absolute atomic E-state index is 12.7. The van der Waals surface area contributed by atoms with E-state index in [2.05, 4.69) is 5.32 Å². The summed E-state index contributed by atoms with van der Waals surface area (Å²) in [5.74, 6) is -0.977. The summed E-state index contributed by atoms with van der Waals surface area (Å²) in [6.45, 7) is 5.67. The molecule has 26 heavy (non-hydrogen) atoms. The quantitative estimate of drug-likeness (QED) is 0.679. The molecule has 2 heterocycles. The zero-order chi connectivity index (χ0) is 18.8. The first-order valence-corrected chi connectivity index (χ1v) is 8.90. The van der Waals surface area contributed by atoms with Crippen molar-refractivity contribution in [1.29, 1.82) is 5.41 Å². The van der Waals surface area contributed by atoms with Crippen LogP contribution >= 0.6 is 11.3 Å². The van der Waals surface area contributed by atoms with Gasteiger partial charge < -0.3 is 14.5 Å². The van der Waals surface area contributed by atoms with E-state index >= 15 is 0 Å². The van der Waals surface area contributed by atoms with Crippen molar-refractivity contribution >= 4 is 39.2 Å². The molecule has 0 unspecified atom stereocenters. The number of thiophene rings is 1. The summed E-state index contributed by atoms with van der Waals surface area (Å²) in [6, 6.07) is 8.77. The Morgan fingerprint density at radius 3 is 2.73 bits per heavy atom. The Bertz CT molecular complexity index is 1070. The molecule has 3 rings (SSSR count). The molecule has 134 valence electrons. The molecule has 0 aliphatic carbocycles. The second kappa shape index (κ2) is 7.13. The van der Waals surface area contributed by atoms with E-state index in [0.717, 1.165) is 15.8 Å². The van der Waals surface area contributed by atoms with Crippen molar-refractivity contribution in [2.45, 2.75) is 20.8 Å². The molecule has 0 atom stereocenters. The highest BCUT2D eigenvalue weighted by atomic mass is 32.1. The van der Waals surface area contributed by atoms with Crippen LogP contribution < -0.4 is 10.9 Å². The van der Waals surface area contributed by atoms with Gasteiger partial charge in [-0.05, 0) is 38.5 Å². The average Bonchev–Trinajstić information content (AvgIpc) is 2.88. The number of anilines is 1. The van der Waals surface area contributed by atoms with Gasteiger partial charge in [0, 0.05) is 10.3 Å². The summed E-state index contributed by atoms with van der Waals surface area (Å²) < 4.78 is 10.5. The Morgan fingerprint density at radius 1 is 1.27 bits per heavy atom. The second-order valence-electron chi connectivity index (χ2n) is 5.69. The third-order valence-electron chi connectivity index (χ3n) is 4.01. The predicted octanol–water partition coefficient (Wildman–Crippen LogP) is 4.02. The molecule has 1 aromatic carbocycles. The van der Waals surface area contributed by atoms with Crippen LogP contribution in [0.15, 0.2) is 34.7 Å². The lowest BCUT2D eigenvalue weighted by atomic mass is 10.1. The van der Waals surface area contributed by atoms with Crippen LogP contribution in [0.1, 0.15) is 38.1 Å². The first-order valence-electron chi connectivity index (χ1n) is 8.08. The molecular weight excluding hydrogens is 352 g/mol. The van der Waals surface area contributed by atoms with Gasteiger partial charge in [-0.25, -0.2) is 4.79 Å². The molecule has 6 nitrogen and oxygen atoms in total. The van der Waals surface area contributed by atoms with Crippen molar-refractivity contribution in [3.63, 3.8) is 0 Å². The summed E-state index contributed by atoms with van der Waals surface area (Å²) in [5.41, 5.74) is 1.53. The number of carbonyl (C=O) groups is 2.